The number of carbonyl (C=O) groups is 1. The van der Waals surface area contributed by atoms with Crippen LogP contribution in [0.3, 0.4) is 0 Å². The summed E-state index contributed by atoms with van der Waals surface area (Å²) in [4.78, 5) is 13.9. The Hall–Kier alpha value is -0.770. The highest BCUT2D eigenvalue weighted by molar-refractivity contribution is 5.74. The Balaban J connectivity index is 1.74. The van der Waals surface area contributed by atoms with Gasteiger partial charge in [-0.1, -0.05) is 26.2 Å². The Morgan fingerprint density at radius 3 is 2.75 bits per heavy atom. The van der Waals surface area contributed by atoms with Gasteiger partial charge in [0.1, 0.15) is 0 Å². The van der Waals surface area contributed by atoms with Gasteiger partial charge in [-0.15, -0.1) is 0 Å². The van der Waals surface area contributed by atoms with Crippen molar-refractivity contribution in [3.05, 3.63) is 0 Å². The number of nitrogens with zero attached hydrogens (tertiary/aromatic N) is 1. The molecule has 0 aromatic carbocycles. The van der Waals surface area contributed by atoms with Crippen LogP contribution in [-0.4, -0.2) is 41.8 Å². The molecule has 4 heteroatoms. The Morgan fingerprint density at radius 2 is 2.10 bits per heavy atom. The summed E-state index contributed by atoms with van der Waals surface area (Å²) in [6, 6.07) is 0.327. The van der Waals surface area contributed by atoms with E-state index < -0.39 is 0 Å². The number of nitrogens with one attached hydrogen (secondary N) is 1. The zero-order chi connectivity index (χ0) is 14.5. The first-order valence-electron chi connectivity index (χ1n) is 8.31. The monoisotopic (exact) mass is 282 g/mol. The molecular formula is C16H30N2O2. The van der Waals surface area contributed by atoms with Gasteiger partial charge in [0.25, 0.3) is 0 Å². The van der Waals surface area contributed by atoms with E-state index in [9.17, 15) is 9.90 Å². The van der Waals surface area contributed by atoms with Crippen molar-refractivity contribution in [2.24, 2.45) is 11.8 Å². The lowest BCUT2D eigenvalue weighted by molar-refractivity contribution is 0.112. The summed E-state index contributed by atoms with van der Waals surface area (Å²) in [7, 11) is 1.79. The molecule has 2 N–H and O–H groups in total. The van der Waals surface area contributed by atoms with E-state index in [4.69, 9.17) is 0 Å². The third-order valence-electron chi connectivity index (χ3n) is 4.87. The zero-order valence-electron chi connectivity index (χ0n) is 13.0. The molecule has 0 aromatic heterocycles. The number of aliphatic hydroxyl groups excluding tert-OH is 1. The molecule has 20 heavy (non-hydrogen) atoms. The quantitative estimate of drug-likeness (QED) is 0.754. The molecule has 2 rings (SSSR count). The minimum Gasteiger partial charge on any atom is -0.391 e. The summed E-state index contributed by atoms with van der Waals surface area (Å²) in [6.45, 7) is 2.68. The first kappa shape index (κ1) is 15.6. The molecule has 2 aliphatic rings. The van der Waals surface area contributed by atoms with E-state index in [1.165, 1.54) is 32.1 Å². The number of aliphatic hydroxyl groups is 1. The average Bonchev–Trinajstić information content (AvgIpc) is 3.19. The summed E-state index contributed by atoms with van der Waals surface area (Å²) in [6.07, 6.45) is 9.18. The number of hydrogen-bond acceptors (Lipinski definition) is 2. The minimum absolute atomic E-state index is 0.0156. The van der Waals surface area contributed by atoms with Gasteiger partial charge >= 0.3 is 6.03 Å². The topological polar surface area (TPSA) is 52.6 Å². The van der Waals surface area contributed by atoms with E-state index in [1.54, 1.807) is 11.9 Å². The van der Waals surface area contributed by atoms with Crippen LogP contribution in [0.2, 0.25) is 0 Å². The van der Waals surface area contributed by atoms with E-state index in [0.29, 0.717) is 24.4 Å². The Labute approximate surface area is 122 Å². The molecule has 3 atom stereocenters. The summed E-state index contributed by atoms with van der Waals surface area (Å²) in [5.41, 5.74) is 0. The highest BCUT2D eigenvalue weighted by Crippen LogP contribution is 2.33. The van der Waals surface area contributed by atoms with E-state index in [1.807, 2.05) is 0 Å². The van der Waals surface area contributed by atoms with Gasteiger partial charge in [-0.25, -0.2) is 4.79 Å². The molecule has 2 saturated carbocycles. The molecular weight excluding hydrogens is 252 g/mol. The number of likely N-dealkylation sites (N-methyl/N-ethyl adjacent to an activating group) is 1. The van der Waals surface area contributed by atoms with Crippen molar-refractivity contribution in [1.29, 1.82) is 0 Å². The van der Waals surface area contributed by atoms with E-state index in [-0.39, 0.29) is 12.1 Å². The van der Waals surface area contributed by atoms with Crippen molar-refractivity contribution >= 4 is 6.03 Å². The molecule has 0 aliphatic heterocycles. The fourth-order valence-electron chi connectivity index (χ4n) is 3.30. The summed E-state index contributed by atoms with van der Waals surface area (Å²) >= 11 is 0. The fraction of sp³-hybridized carbons (Fsp3) is 0.938. The number of carbonyl (C=O) groups excluding carboxylic acids is 1. The van der Waals surface area contributed by atoms with E-state index >= 15 is 0 Å². The van der Waals surface area contributed by atoms with E-state index in [2.05, 4.69) is 12.2 Å². The second-order valence-electron chi connectivity index (χ2n) is 6.67. The first-order valence-corrected chi connectivity index (χ1v) is 8.31. The van der Waals surface area contributed by atoms with Gasteiger partial charge in [0.15, 0.2) is 0 Å². The molecule has 4 nitrogen and oxygen atoms in total. The average molecular weight is 282 g/mol. The predicted octanol–water partition coefficient (Wildman–Crippen LogP) is 2.76. The number of urea groups is 1. The molecule has 0 aromatic rings. The van der Waals surface area contributed by atoms with E-state index in [0.717, 1.165) is 19.3 Å². The lowest BCUT2D eigenvalue weighted by Crippen LogP contribution is -2.46. The molecule has 3 unspecified atom stereocenters. The maximum absolute atomic E-state index is 12.2. The molecule has 2 amide bonds. The van der Waals surface area contributed by atoms with Gasteiger partial charge in [0.05, 0.1) is 6.10 Å². The molecule has 0 spiro atoms. The highest BCUT2D eigenvalue weighted by atomic mass is 16.3. The summed E-state index contributed by atoms with van der Waals surface area (Å²) in [5, 5.41) is 13.1. The molecule has 2 aliphatic carbocycles. The van der Waals surface area contributed by atoms with Gasteiger partial charge in [-0.3, -0.25) is 0 Å². The molecule has 0 bridgehead atoms. The molecule has 116 valence electrons. The second kappa shape index (κ2) is 7.30. The van der Waals surface area contributed by atoms with Crippen molar-refractivity contribution in [1.82, 2.24) is 10.2 Å². The lowest BCUT2D eigenvalue weighted by atomic mass is 9.97. The van der Waals surface area contributed by atoms with Gasteiger partial charge in [-0.05, 0) is 43.9 Å². The molecule has 0 saturated heterocycles. The normalized spacial score (nSPS) is 27.4. The van der Waals surface area contributed by atoms with Crippen LogP contribution >= 0.6 is 0 Å². The first-order chi connectivity index (χ1) is 9.61. The Kier molecular flexibility index (Phi) is 5.70. The van der Waals surface area contributed by atoms with Crippen LogP contribution in [-0.2, 0) is 0 Å². The van der Waals surface area contributed by atoms with Crippen molar-refractivity contribution < 1.29 is 9.90 Å². The lowest BCUT2D eigenvalue weighted by Gasteiger charge is -2.26. The van der Waals surface area contributed by atoms with Crippen molar-refractivity contribution in [2.45, 2.75) is 70.4 Å². The zero-order valence-corrected chi connectivity index (χ0v) is 13.0. The minimum atomic E-state index is -0.342. The summed E-state index contributed by atoms with van der Waals surface area (Å²) < 4.78 is 0. The Morgan fingerprint density at radius 1 is 1.35 bits per heavy atom. The van der Waals surface area contributed by atoms with Gasteiger partial charge in [0, 0.05) is 19.6 Å². The smallest absolute Gasteiger partial charge is 0.317 e. The largest absolute Gasteiger partial charge is 0.391 e. The third kappa shape index (κ3) is 4.37. The van der Waals surface area contributed by atoms with Crippen molar-refractivity contribution in [3.8, 4) is 0 Å². The number of hydrogen-bond donors (Lipinski definition) is 2. The number of rotatable bonds is 7. The van der Waals surface area contributed by atoms with Gasteiger partial charge in [-0.2, -0.15) is 0 Å². The van der Waals surface area contributed by atoms with Crippen molar-refractivity contribution in [2.75, 3.05) is 13.6 Å². The molecule has 2 fully saturated rings. The van der Waals surface area contributed by atoms with Crippen LogP contribution in [0, 0.1) is 11.8 Å². The van der Waals surface area contributed by atoms with Crippen LogP contribution in [0.25, 0.3) is 0 Å². The van der Waals surface area contributed by atoms with Crippen LogP contribution in [0.15, 0.2) is 0 Å². The van der Waals surface area contributed by atoms with Crippen molar-refractivity contribution in [3.63, 3.8) is 0 Å². The third-order valence-corrected chi connectivity index (χ3v) is 4.87. The van der Waals surface area contributed by atoms with Crippen LogP contribution in [0.4, 0.5) is 4.79 Å². The van der Waals surface area contributed by atoms with Gasteiger partial charge < -0.3 is 15.3 Å². The van der Waals surface area contributed by atoms with Crippen LogP contribution in [0.5, 0.6) is 0 Å². The molecule has 0 heterocycles. The fourth-order valence-corrected chi connectivity index (χ4v) is 3.30. The number of unbranched alkanes of at least 4 members (excludes halogenated alkanes) is 1. The maximum Gasteiger partial charge on any atom is 0.317 e. The summed E-state index contributed by atoms with van der Waals surface area (Å²) in [5.74, 6) is 1.08. The van der Waals surface area contributed by atoms with Crippen LogP contribution < -0.4 is 5.32 Å². The number of amides is 2. The van der Waals surface area contributed by atoms with Gasteiger partial charge in [0.2, 0.25) is 0 Å². The SMILES string of the molecule is CCCCC1CCCC1NC(=O)N(C)CC(O)C1CC1. The predicted molar refractivity (Wildman–Crippen MR) is 80.5 cm³/mol. The molecule has 0 radical (unpaired) electrons. The second-order valence-corrected chi connectivity index (χ2v) is 6.67. The highest BCUT2D eigenvalue weighted by Gasteiger charge is 2.32. The van der Waals surface area contributed by atoms with Crippen LogP contribution in [0.1, 0.15) is 58.3 Å². The Bertz CT molecular complexity index is 318. The maximum atomic E-state index is 12.2. The standard InChI is InChI=1S/C16H30N2O2/c1-3-4-6-12-7-5-8-14(12)17-16(20)18(2)11-15(19)13-9-10-13/h12-15,19H,3-11H2,1-2H3,(H,17,20).